The molecule has 0 saturated heterocycles. The summed E-state index contributed by atoms with van der Waals surface area (Å²) in [7, 11) is 1.62. The van der Waals surface area contributed by atoms with Crippen LogP contribution in [0.5, 0.6) is 0 Å². The smallest absolute Gasteiger partial charge is 0.264 e. The third-order valence-corrected chi connectivity index (χ3v) is 2.43. The van der Waals surface area contributed by atoms with E-state index in [1.165, 1.54) is 4.57 Å². The van der Waals surface area contributed by atoms with E-state index in [2.05, 4.69) is 21.2 Å². The summed E-state index contributed by atoms with van der Waals surface area (Å²) in [6.07, 6.45) is 1.55. The number of carbonyl (C=O) groups excluding carboxylic acids is 1. The molecule has 88 valence electrons. The molecule has 1 amide bonds. The molecule has 16 heavy (non-hydrogen) atoms. The van der Waals surface area contributed by atoms with E-state index in [-0.39, 0.29) is 18.1 Å². The van der Waals surface area contributed by atoms with E-state index in [4.69, 9.17) is 4.74 Å². The molecule has 1 aromatic rings. The zero-order chi connectivity index (χ0) is 12.1. The van der Waals surface area contributed by atoms with Crippen LogP contribution in [0.1, 0.15) is 6.92 Å². The van der Waals surface area contributed by atoms with Crippen molar-refractivity contribution < 1.29 is 9.53 Å². The molecule has 0 bridgehead atoms. The summed E-state index contributed by atoms with van der Waals surface area (Å²) in [6, 6.07) is 1.56. The molecule has 0 spiro atoms. The molecular weight excluding hydrogens is 276 g/mol. The summed E-state index contributed by atoms with van der Waals surface area (Å²) in [6.45, 7) is 2.32. The molecule has 0 radical (unpaired) electrons. The first-order valence-electron chi connectivity index (χ1n) is 4.78. The van der Waals surface area contributed by atoms with E-state index in [9.17, 15) is 9.59 Å². The molecule has 1 rings (SSSR count). The van der Waals surface area contributed by atoms with Crippen LogP contribution in [-0.2, 0) is 16.6 Å². The van der Waals surface area contributed by atoms with Gasteiger partial charge in [0.05, 0.1) is 10.2 Å². The van der Waals surface area contributed by atoms with Gasteiger partial charge in [-0.2, -0.15) is 0 Å². The van der Waals surface area contributed by atoms with Crippen molar-refractivity contribution in [3.63, 3.8) is 0 Å². The maximum Gasteiger partial charge on any atom is 0.264 e. The van der Waals surface area contributed by atoms with Crippen LogP contribution in [0.3, 0.4) is 0 Å². The predicted molar refractivity (Wildman–Crippen MR) is 64.5 cm³/mol. The van der Waals surface area contributed by atoms with Gasteiger partial charge in [-0.25, -0.2) is 0 Å². The third-order valence-electron chi connectivity index (χ3n) is 1.86. The summed E-state index contributed by atoms with van der Waals surface area (Å²) in [5.74, 6) is -0.243. The maximum absolute atomic E-state index is 11.4. The van der Waals surface area contributed by atoms with E-state index in [0.29, 0.717) is 16.8 Å². The lowest BCUT2D eigenvalue weighted by atomic mass is 10.4. The highest BCUT2D eigenvalue weighted by atomic mass is 79.9. The molecule has 0 aromatic carbocycles. The number of nitrogens with zero attached hydrogens (tertiary/aromatic N) is 1. The zero-order valence-corrected chi connectivity index (χ0v) is 10.7. The molecule has 0 fully saturated rings. The number of hydrogen-bond acceptors (Lipinski definition) is 3. The molecule has 0 aliphatic heterocycles. The summed E-state index contributed by atoms with van der Waals surface area (Å²) < 4.78 is 6.76. The minimum atomic E-state index is -0.243. The fourth-order valence-electron chi connectivity index (χ4n) is 1.13. The highest BCUT2D eigenvalue weighted by molar-refractivity contribution is 9.10. The number of carbonyl (C=O) groups is 1. The van der Waals surface area contributed by atoms with Gasteiger partial charge in [0.15, 0.2) is 0 Å². The molecule has 0 saturated carbocycles. The van der Waals surface area contributed by atoms with Crippen molar-refractivity contribution >= 4 is 27.5 Å². The van der Waals surface area contributed by atoms with Gasteiger partial charge in [0.25, 0.3) is 5.56 Å². The molecule has 1 heterocycles. The van der Waals surface area contributed by atoms with Crippen LogP contribution in [0.2, 0.25) is 0 Å². The number of aromatic nitrogens is 1. The largest absolute Gasteiger partial charge is 0.372 e. The summed E-state index contributed by atoms with van der Waals surface area (Å²) in [5, 5.41) is 2.63. The van der Waals surface area contributed by atoms with Crippen LogP contribution in [0.25, 0.3) is 0 Å². The third kappa shape index (κ3) is 3.46. The number of hydrogen-bond donors (Lipinski definition) is 1. The van der Waals surface area contributed by atoms with Gasteiger partial charge in [0.2, 0.25) is 5.91 Å². The Morgan fingerprint density at radius 2 is 2.31 bits per heavy atom. The standard InChI is InChI=1S/C10H13BrN2O3/c1-3-16-6-9(14)12-7-4-8(11)10(15)13(2)5-7/h4-5H,3,6H2,1-2H3,(H,12,14). The van der Waals surface area contributed by atoms with Gasteiger partial charge in [0.1, 0.15) is 6.61 Å². The van der Waals surface area contributed by atoms with Gasteiger partial charge in [-0.15, -0.1) is 0 Å². The SMILES string of the molecule is CCOCC(=O)Nc1cc(Br)c(=O)n(C)c1. The fraction of sp³-hybridized carbons (Fsp3) is 0.400. The molecule has 0 aliphatic carbocycles. The number of pyridine rings is 1. The van der Waals surface area contributed by atoms with Crippen molar-refractivity contribution in [2.24, 2.45) is 7.05 Å². The van der Waals surface area contributed by atoms with Crippen molar-refractivity contribution in [2.75, 3.05) is 18.5 Å². The number of anilines is 1. The second-order valence-corrected chi connectivity index (χ2v) is 4.03. The lowest BCUT2D eigenvalue weighted by Crippen LogP contribution is -2.22. The highest BCUT2D eigenvalue weighted by Gasteiger charge is 2.05. The Hall–Kier alpha value is -1.14. The molecule has 0 aliphatic rings. The quantitative estimate of drug-likeness (QED) is 0.903. The first kappa shape index (κ1) is 12.9. The molecule has 6 heteroatoms. The lowest BCUT2D eigenvalue weighted by molar-refractivity contribution is -0.120. The first-order chi connectivity index (χ1) is 7.54. The van der Waals surface area contributed by atoms with Crippen molar-refractivity contribution in [1.29, 1.82) is 0 Å². The Labute approximate surface area is 102 Å². The van der Waals surface area contributed by atoms with Crippen LogP contribution in [0.15, 0.2) is 21.5 Å². The van der Waals surface area contributed by atoms with E-state index in [0.717, 1.165) is 0 Å². The van der Waals surface area contributed by atoms with E-state index < -0.39 is 0 Å². The number of halogens is 1. The Morgan fingerprint density at radius 3 is 2.88 bits per heavy atom. The minimum absolute atomic E-state index is 0.0109. The van der Waals surface area contributed by atoms with Crippen LogP contribution in [-0.4, -0.2) is 23.7 Å². The van der Waals surface area contributed by atoms with Crippen LogP contribution in [0, 0.1) is 0 Å². The number of nitrogens with one attached hydrogen (secondary N) is 1. The first-order valence-corrected chi connectivity index (χ1v) is 5.57. The lowest BCUT2D eigenvalue weighted by Gasteiger charge is -2.07. The van der Waals surface area contributed by atoms with E-state index in [1.54, 1.807) is 19.3 Å². The minimum Gasteiger partial charge on any atom is -0.372 e. The van der Waals surface area contributed by atoms with Crippen molar-refractivity contribution in [2.45, 2.75) is 6.92 Å². The monoisotopic (exact) mass is 288 g/mol. The van der Waals surface area contributed by atoms with Gasteiger partial charge in [0, 0.05) is 19.9 Å². The van der Waals surface area contributed by atoms with Gasteiger partial charge in [-0.3, -0.25) is 9.59 Å². The molecule has 5 nitrogen and oxygen atoms in total. The molecular formula is C10H13BrN2O3. The Bertz CT molecular complexity index is 416. The molecule has 1 N–H and O–H groups in total. The number of amides is 1. The van der Waals surface area contributed by atoms with Crippen LogP contribution >= 0.6 is 15.9 Å². The highest BCUT2D eigenvalue weighted by Crippen LogP contribution is 2.11. The summed E-state index contributed by atoms with van der Waals surface area (Å²) >= 11 is 3.12. The average Bonchev–Trinajstić information content (AvgIpc) is 2.23. The average molecular weight is 289 g/mol. The Kier molecular flexibility index (Phi) is 4.70. The number of ether oxygens (including phenoxy) is 1. The van der Waals surface area contributed by atoms with Crippen LogP contribution in [0.4, 0.5) is 5.69 Å². The second-order valence-electron chi connectivity index (χ2n) is 3.18. The molecule has 0 unspecified atom stereocenters. The Balaban J connectivity index is 2.75. The maximum atomic E-state index is 11.4. The van der Waals surface area contributed by atoms with E-state index >= 15 is 0 Å². The number of aryl methyl sites for hydroxylation is 1. The second kappa shape index (κ2) is 5.81. The summed E-state index contributed by atoms with van der Waals surface area (Å²) in [4.78, 5) is 22.7. The fourth-order valence-corrected chi connectivity index (χ4v) is 1.66. The van der Waals surface area contributed by atoms with Gasteiger partial charge >= 0.3 is 0 Å². The molecule has 0 atom stereocenters. The molecule has 1 aromatic heterocycles. The van der Waals surface area contributed by atoms with Crippen molar-refractivity contribution in [3.05, 3.63) is 27.1 Å². The van der Waals surface area contributed by atoms with Gasteiger partial charge in [-0.05, 0) is 28.9 Å². The van der Waals surface area contributed by atoms with Crippen LogP contribution < -0.4 is 10.9 Å². The van der Waals surface area contributed by atoms with Crippen molar-refractivity contribution in [1.82, 2.24) is 4.57 Å². The van der Waals surface area contributed by atoms with Crippen molar-refractivity contribution in [3.8, 4) is 0 Å². The topological polar surface area (TPSA) is 60.3 Å². The number of rotatable bonds is 4. The van der Waals surface area contributed by atoms with Gasteiger partial charge in [-0.1, -0.05) is 0 Å². The van der Waals surface area contributed by atoms with Gasteiger partial charge < -0.3 is 14.6 Å². The predicted octanol–water partition coefficient (Wildman–Crippen LogP) is 1.12. The normalized spacial score (nSPS) is 10.2. The summed E-state index contributed by atoms with van der Waals surface area (Å²) in [5.41, 5.74) is 0.404. The van der Waals surface area contributed by atoms with E-state index in [1.807, 2.05) is 6.92 Å². The zero-order valence-electron chi connectivity index (χ0n) is 9.12. The Morgan fingerprint density at radius 1 is 1.62 bits per heavy atom.